The number of hydrogen-bond donors (Lipinski definition) is 0. The Balaban J connectivity index is 1.36. The molecule has 2 saturated heterocycles. The summed E-state index contributed by atoms with van der Waals surface area (Å²) < 4.78 is 30.9. The molecular formula is C21H29FN2O5. The SMILES string of the molecule is CC(C)(C)OC(=O)N1CC[C@@H](OC2CN(C(=O)OCc3ccccc3)C2)[C@H](F)C1. The van der Waals surface area contributed by atoms with Crippen LogP contribution in [0.4, 0.5) is 14.0 Å². The molecule has 0 radical (unpaired) electrons. The number of hydrogen-bond acceptors (Lipinski definition) is 5. The van der Waals surface area contributed by atoms with Crippen LogP contribution in [0.15, 0.2) is 30.3 Å². The molecule has 0 aliphatic carbocycles. The van der Waals surface area contributed by atoms with Crippen molar-refractivity contribution in [1.82, 2.24) is 9.80 Å². The van der Waals surface area contributed by atoms with Gasteiger partial charge in [-0.25, -0.2) is 14.0 Å². The average Bonchev–Trinajstić information content (AvgIpc) is 2.62. The standard InChI is InChI=1S/C21H29FN2O5/c1-21(2,3)29-20(26)23-10-9-18(17(22)13-23)28-16-11-24(12-16)19(25)27-14-15-7-5-4-6-8-15/h4-8,16-18H,9-14H2,1-3H3/t17-,18-/m1/s1. The van der Waals surface area contributed by atoms with Crippen LogP contribution >= 0.6 is 0 Å². The fraction of sp³-hybridized carbons (Fsp3) is 0.619. The van der Waals surface area contributed by atoms with Gasteiger partial charge in [-0.15, -0.1) is 0 Å². The summed E-state index contributed by atoms with van der Waals surface area (Å²) in [5, 5.41) is 0. The number of carbonyl (C=O) groups excluding carboxylic acids is 2. The Kier molecular flexibility index (Phi) is 6.62. The van der Waals surface area contributed by atoms with Crippen molar-refractivity contribution >= 4 is 12.2 Å². The number of benzene rings is 1. The van der Waals surface area contributed by atoms with Crippen LogP contribution in [0.5, 0.6) is 0 Å². The molecule has 2 fully saturated rings. The Hall–Kier alpha value is -2.35. The minimum absolute atomic E-state index is 0.0465. The minimum atomic E-state index is -1.28. The lowest BCUT2D eigenvalue weighted by molar-refractivity contribution is -0.125. The third kappa shape index (κ3) is 6.06. The second-order valence-corrected chi connectivity index (χ2v) is 8.47. The van der Waals surface area contributed by atoms with E-state index >= 15 is 0 Å². The van der Waals surface area contributed by atoms with E-state index in [4.69, 9.17) is 14.2 Å². The predicted molar refractivity (Wildman–Crippen MR) is 104 cm³/mol. The van der Waals surface area contributed by atoms with Gasteiger partial charge in [0, 0.05) is 6.54 Å². The van der Waals surface area contributed by atoms with Gasteiger partial charge in [0.05, 0.1) is 31.8 Å². The molecule has 0 spiro atoms. The number of piperidine rings is 1. The summed E-state index contributed by atoms with van der Waals surface area (Å²) in [6, 6.07) is 9.45. The molecule has 2 amide bonds. The molecule has 2 heterocycles. The second-order valence-electron chi connectivity index (χ2n) is 8.47. The van der Waals surface area contributed by atoms with Crippen molar-refractivity contribution in [2.24, 2.45) is 0 Å². The Morgan fingerprint density at radius 2 is 1.76 bits per heavy atom. The zero-order valence-corrected chi connectivity index (χ0v) is 17.2. The van der Waals surface area contributed by atoms with Gasteiger partial charge in [0.25, 0.3) is 0 Å². The fourth-order valence-corrected chi connectivity index (χ4v) is 3.26. The van der Waals surface area contributed by atoms with Crippen LogP contribution in [0.25, 0.3) is 0 Å². The van der Waals surface area contributed by atoms with Gasteiger partial charge in [0.2, 0.25) is 0 Å². The molecule has 0 bridgehead atoms. The highest BCUT2D eigenvalue weighted by atomic mass is 19.1. The van der Waals surface area contributed by atoms with Crippen LogP contribution in [0.3, 0.4) is 0 Å². The fourth-order valence-electron chi connectivity index (χ4n) is 3.26. The van der Waals surface area contributed by atoms with Gasteiger partial charge >= 0.3 is 12.2 Å². The average molecular weight is 408 g/mol. The van der Waals surface area contributed by atoms with Crippen molar-refractivity contribution in [3.05, 3.63) is 35.9 Å². The van der Waals surface area contributed by atoms with Crippen molar-refractivity contribution in [2.75, 3.05) is 26.2 Å². The van der Waals surface area contributed by atoms with E-state index in [0.717, 1.165) is 5.56 Å². The maximum atomic E-state index is 14.5. The van der Waals surface area contributed by atoms with E-state index in [9.17, 15) is 14.0 Å². The predicted octanol–water partition coefficient (Wildman–Crippen LogP) is 3.37. The van der Waals surface area contributed by atoms with E-state index in [-0.39, 0.29) is 19.3 Å². The highest BCUT2D eigenvalue weighted by molar-refractivity contribution is 5.69. The zero-order chi connectivity index (χ0) is 21.0. The van der Waals surface area contributed by atoms with Gasteiger partial charge in [0.15, 0.2) is 0 Å². The zero-order valence-electron chi connectivity index (χ0n) is 17.2. The Bertz CT molecular complexity index is 703. The maximum absolute atomic E-state index is 14.5. The Morgan fingerprint density at radius 3 is 2.38 bits per heavy atom. The van der Waals surface area contributed by atoms with Crippen molar-refractivity contribution in [3.8, 4) is 0 Å². The third-order valence-corrected chi connectivity index (χ3v) is 4.81. The molecule has 1 aromatic rings. The van der Waals surface area contributed by atoms with Gasteiger partial charge in [-0.05, 0) is 32.8 Å². The summed E-state index contributed by atoms with van der Waals surface area (Å²) in [5.74, 6) is 0. The molecule has 0 unspecified atom stereocenters. The summed E-state index contributed by atoms with van der Waals surface area (Å²) in [4.78, 5) is 27.0. The minimum Gasteiger partial charge on any atom is -0.445 e. The molecule has 3 rings (SSSR count). The van der Waals surface area contributed by atoms with E-state index in [2.05, 4.69) is 0 Å². The second kappa shape index (κ2) is 8.98. The highest BCUT2D eigenvalue weighted by Gasteiger charge is 2.39. The summed E-state index contributed by atoms with van der Waals surface area (Å²) in [6.07, 6.45) is -2.58. The Labute approximate surface area is 170 Å². The molecule has 0 aromatic heterocycles. The van der Waals surface area contributed by atoms with Crippen LogP contribution in [0.1, 0.15) is 32.8 Å². The van der Waals surface area contributed by atoms with Gasteiger partial charge in [0.1, 0.15) is 18.4 Å². The van der Waals surface area contributed by atoms with Crippen LogP contribution in [-0.4, -0.2) is 72.1 Å². The van der Waals surface area contributed by atoms with Gasteiger partial charge in [-0.2, -0.15) is 0 Å². The van der Waals surface area contributed by atoms with Crippen LogP contribution < -0.4 is 0 Å². The van der Waals surface area contributed by atoms with Crippen LogP contribution in [0, 0.1) is 0 Å². The van der Waals surface area contributed by atoms with E-state index in [1.54, 1.807) is 20.8 Å². The smallest absolute Gasteiger partial charge is 0.410 e. The van der Waals surface area contributed by atoms with E-state index < -0.39 is 30.1 Å². The molecule has 160 valence electrons. The van der Waals surface area contributed by atoms with E-state index in [1.807, 2.05) is 30.3 Å². The van der Waals surface area contributed by atoms with Crippen molar-refractivity contribution in [1.29, 1.82) is 0 Å². The lowest BCUT2D eigenvalue weighted by atomic mass is 10.0. The first kappa shape index (κ1) is 21.4. The highest BCUT2D eigenvalue weighted by Crippen LogP contribution is 2.24. The van der Waals surface area contributed by atoms with E-state index in [1.165, 1.54) is 9.80 Å². The van der Waals surface area contributed by atoms with Crippen LogP contribution in [0.2, 0.25) is 0 Å². The van der Waals surface area contributed by atoms with E-state index in [0.29, 0.717) is 26.1 Å². The monoisotopic (exact) mass is 408 g/mol. The summed E-state index contributed by atoms with van der Waals surface area (Å²) in [5.41, 5.74) is 0.312. The number of alkyl halides is 1. The number of amides is 2. The largest absolute Gasteiger partial charge is 0.445 e. The number of nitrogens with zero attached hydrogens (tertiary/aromatic N) is 2. The summed E-state index contributed by atoms with van der Waals surface area (Å²) in [7, 11) is 0. The molecule has 0 N–H and O–H groups in total. The quantitative estimate of drug-likeness (QED) is 0.764. The first-order valence-corrected chi connectivity index (χ1v) is 9.94. The molecule has 8 heteroatoms. The first-order chi connectivity index (χ1) is 13.7. The Morgan fingerprint density at radius 1 is 1.07 bits per heavy atom. The van der Waals surface area contributed by atoms with Gasteiger partial charge in [-0.1, -0.05) is 30.3 Å². The van der Waals surface area contributed by atoms with Crippen molar-refractivity contribution < 1.29 is 28.2 Å². The molecule has 2 aliphatic heterocycles. The molecule has 1 aromatic carbocycles. The molecule has 29 heavy (non-hydrogen) atoms. The summed E-state index contributed by atoms with van der Waals surface area (Å²) in [6.45, 7) is 6.66. The first-order valence-electron chi connectivity index (χ1n) is 9.94. The number of carbonyl (C=O) groups is 2. The topological polar surface area (TPSA) is 68.3 Å². The maximum Gasteiger partial charge on any atom is 0.410 e. The number of halogens is 1. The molecular weight excluding hydrogens is 379 g/mol. The number of ether oxygens (including phenoxy) is 3. The lowest BCUT2D eigenvalue weighted by Gasteiger charge is -2.42. The molecule has 0 saturated carbocycles. The van der Waals surface area contributed by atoms with Crippen molar-refractivity contribution in [3.63, 3.8) is 0 Å². The van der Waals surface area contributed by atoms with Gasteiger partial charge < -0.3 is 24.0 Å². The normalized spacial score (nSPS) is 22.8. The molecule has 2 aliphatic rings. The third-order valence-electron chi connectivity index (χ3n) is 4.81. The van der Waals surface area contributed by atoms with Crippen molar-refractivity contribution in [2.45, 2.75) is 57.8 Å². The molecule has 7 nitrogen and oxygen atoms in total. The number of rotatable bonds is 4. The van der Waals surface area contributed by atoms with Crippen LogP contribution in [-0.2, 0) is 20.8 Å². The molecule has 2 atom stereocenters. The summed E-state index contributed by atoms with van der Waals surface area (Å²) >= 11 is 0. The van der Waals surface area contributed by atoms with Gasteiger partial charge in [-0.3, -0.25) is 0 Å². The lowest BCUT2D eigenvalue weighted by Crippen LogP contribution is -2.58. The number of likely N-dealkylation sites (tertiary alicyclic amines) is 2.